The van der Waals surface area contributed by atoms with Gasteiger partial charge in [-0.15, -0.1) is 11.3 Å². The second kappa shape index (κ2) is 5.29. The summed E-state index contributed by atoms with van der Waals surface area (Å²) < 4.78 is 5.49. The maximum Gasteiger partial charge on any atom is 0.0594 e. The highest BCUT2D eigenvalue weighted by Gasteiger charge is 2.45. The van der Waals surface area contributed by atoms with Crippen LogP contribution in [0, 0.1) is 0 Å². The van der Waals surface area contributed by atoms with Crippen molar-refractivity contribution in [2.24, 2.45) is 5.73 Å². The number of ether oxygens (including phenoxy) is 1. The first-order valence-corrected chi connectivity index (χ1v) is 7.83. The van der Waals surface area contributed by atoms with Crippen LogP contribution >= 0.6 is 11.3 Å². The summed E-state index contributed by atoms with van der Waals surface area (Å²) in [5.41, 5.74) is 6.83. The molecule has 1 atom stereocenters. The molecular formula is C14H22N2OS. The second-order valence-electron chi connectivity index (χ2n) is 5.40. The van der Waals surface area contributed by atoms with Gasteiger partial charge in [0.1, 0.15) is 0 Å². The van der Waals surface area contributed by atoms with Gasteiger partial charge in [-0.25, -0.2) is 0 Å². The van der Waals surface area contributed by atoms with Crippen LogP contribution in [-0.2, 0) is 4.74 Å². The highest BCUT2D eigenvalue weighted by atomic mass is 32.1. The SMILES string of the molecule is NC(c1cccs1)C1(N2CCOCC2)CCCC1. The van der Waals surface area contributed by atoms with E-state index in [-0.39, 0.29) is 11.6 Å². The molecule has 1 aromatic heterocycles. The predicted molar refractivity (Wildman–Crippen MR) is 74.8 cm³/mol. The lowest BCUT2D eigenvalue weighted by Gasteiger charge is -2.46. The van der Waals surface area contributed by atoms with Crippen molar-refractivity contribution in [3.05, 3.63) is 22.4 Å². The van der Waals surface area contributed by atoms with Crippen molar-refractivity contribution < 1.29 is 4.74 Å². The summed E-state index contributed by atoms with van der Waals surface area (Å²) in [6.45, 7) is 3.80. The van der Waals surface area contributed by atoms with Gasteiger partial charge in [0.15, 0.2) is 0 Å². The fourth-order valence-electron chi connectivity index (χ4n) is 3.55. The minimum atomic E-state index is 0.165. The van der Waals surface area contributed by atoms with Gasteiger partial charge in [0.2, 0.25) is 0 Å². The average Bonchev–Trinajstić information content (AvgIpc) is 3.11. The number of morpholine rings is 1. The highest BCUT2D eigenvalue weighted by molar-refractivity contribution is 7.10. The van der Waals surface area contributed by atoms with Crippen LogP contribution in [0.25, 0.3) is 0 Å². The topological polar surface area (TPSA) is 38.5 Å². The molecule has 1 aromatic rings. The van der Waals surface area contributed by atoms with Crippen molar-refractivity contribution in [1.82, 2.24) is 4.90 Å². The van der Waals surface area contributed by atoms with Gasteiger partial charge in [-0.3, -0.25) is 4.90 Å². The van der Waals surface area contributed by atoms with E-state index in [4.69, 9.17) is 10.5 Å². The number of nitrogens with zero attached hydrogens (tertiary/aromatic N) is 1. The standard InChI is InChI=1S/C14H22N2OS/c15-13(12-4-3-11-18-12)14(5-1-2-6-14)16-7-9-17-10-8-16/h3-4,11,13H,1-2,5-10,15H2. The number of hydrogen-bond acceptors (Lipinski definition) is 4. The summed E-state index contributed by atoms with van der Waals surface area (Å²) in [6.07, 6.45) is 5.12. The molecule has 0 bridgehead atoms. The molecule has 2 N–H and O–H groups in total. The summed E-state index contributed by atoms with van der Waals surface area (Å²) in [6, 6.07) is 4.47. The Hall–Kier alpha value is -0.420. The van der Waals surface area contributed by atoms with Crippen LogP contribution in [0.4, 0.5) is 0 Å². The van der Waals surface area contributed by atoms with E-state index >= 15 is 0 Å². The molecule has 4 heteroatoms. The Morgan fingerprint density at radius 1 is 1.28 bits per heavy atom. The molecule has 1 aliphatic heterocycles. The highest BCUT2D eigenvalue weighted by Crippen LogP contribution is 2.44. The molecule has 0 radical (unpaired) electrons. The van der Waals surface area contributed by atoms with Crippen molar-refractivity contribution in [2.45, 2.75) is 37.3 Å². The van der Waals surface area contributed by atoms with Crippen LogP contribution < -0.4 is 5.73 Å². The van der Waals surface area contributed by atoms with Crippen molar-refractivity contribution in [3.63, 3.8) is 0 Å². The molecule has 18 heavy (non-hydrogen) atoms. The normalized spacial score (nSPS) is 26.3. The van der Waals surface area contributed by atoms with Gasteiger partial charge in [0, 0.05) is 23.5 Å². The Labute approximate surface area is 113 Å². The van der Waals surface area contributed by atoms with Gasteiger partial charge in [-0.1, -0.05) is 18.9 Å². The van der Waals surface area contributed by atoms with Gasteiger partial charge in [0.25, 0.3) is 0 Å². The van der Waals surface area contributed by atoms with Gasteiger partial charge < -0.3 is 10.5 Å². The van der Waals surface area contributed by atoms with Crippen molar-refractivity contribution in [3.8, 4) is 0 Å². The summed E-state index contributed by atoms with van der Waals surface area (Å²) in [5, 5.41) is 2.14. The third kappa shape index (κ3) is 2.11. The van der Waals surface area contributed by atoms with Crippen LogP contribution in [0.1, 0.15) is 36.6 Å². The van der Waals surface area contributed by atoms with Crippen LogP contribution in [0.2, 0.25) is 0 Å². The van der Waals surface area contributed by atoms with E-state index in [1.165, 1.54) is 30.6 Å². The zero-order chi connectivity index (χ0) is 12.4. The predicted octanol–water partition coefficient (Wildman–Crippen LogP) is 2.39. The van der Waals surface area contributed by atoms with E-state index in [1.54, 1.807) is 11.3 Å². The average molecular weight is 266 g/mol. The molecule has 3 rings (SSSR count). The molecule has 1 unspecified atom stereocenters. The van der Waals surface area contributed by atoms with Gasteiger partial charge >= 0.3 is 0 Å². The molecule has 3 nitrogen and oxygen atoms in total. The molecule has 1 aliphatic carbocycles. The first-order valence-electron chi connectivity index (χ1n) is 6.95. The molecule has 2 heterocycles. The van der Waals surface area contributed by atoms with Gasteiger partial charge in [-0.2, -0.15) is 0 Å². The molecule has 0 aromatic carbocycles. The van der Waals surface area contributed by atoms with Crippen LogP contribution in [-0.4, -0.2) is 36.7 Å². The van der Waals surface area contributed by atoms with E-state index in [0.29, 0.717) is 0 Å². The first-order chi connectivity index (χ1) is 8.83. The quantitative estimate of drug-likeness (QED) is 0.913. The lowest BCUT2D eigenvalue weighted by molar-refractivity contribution is -0.0307. The summed E-state index contributed by atoms with van der Waals surface area (Å²) >= 11 is 1.80. The molecule has 1 saturated heterocycles. The second-order valence-corrected chi connectivity index (χ2v) is 6.38. The molecular weight excluding hydrogens is 244 g/mol. The van der Waals surface area contributed by atoms with Gasteiger partial charge in [0.05, 0.1) is 19.3 Å². The molecule has 0 spiro atoms. The minimum Gasteiger partial charge on any atom is -0.379 e. The Morgan fingerprint density at radius 2 is 2.00 bits per heavy atom. The van der Waals surface area contributed by atoms with Crippen molar-refractivity contribution in [1.29, 1.82) is 0 Å². The van der Waals surface area contributed by atoms with Crippen molar-refractivity contribution in [2.75, 3.05) is 26.3 Å². The fourth-order valence-corrected chi connectivity index (χ4v) is 4.39. The number of thiophene rings is 1. The summed E-state index contributed by atoms with van der Waals surface area (Å²) in [7, 11) is 0. The maximum absolute atomic E-state index is 6.64. The monoisotopic (exact) mass is 266 g/mol. The number of rotatable bonds is 3. The molecule has 1 saturated carbocycles. The Morgan fingerprint density at radius 3 is 2.61 bits per heavy atom. The van der Waals surface area contributed by atoms with Gasteiger partial charge in [-0.05, 0) is 24.3 Å². The van der Waals surface area contributed by atoms with E-state index in [1.807, 2.05) is 0 Å². The van der Waals surface area contributed by atoms with Crippen molar-refractivity contribution >= 4 is 11.3 Å². The van der Waals surface area contributed by atoms with Crippen LogP contribution in [0.3, 0.4) is 0 Å². The van der Waals surface area contributed by atoms with E-state index in [9.17, 15) is 0 Å². The molecule has 2 fully saturated rings. The van der Waals surface area contributed by atoms with Crippen LogP contribution in [0.15, 0.2) is 17.5 Å². The van der Waals surface area contributed by atoms with E-state index in [0.717, 1.165) is 26.3 Å². The lowest BCUT2D eigenvalue weighted by atomic mass is 9.85. The fraction of sp³-hybridized carbons (Fsp3) is 0.714. The molecule has 2 aliphatic rings. The Kier molecular flexibility index (Phi) is 3.71. The molecule has 0 amide bonds. The lowest BCUT2D eigenvalue weighted by Crippen LogP contribution is -2.57. The summed E-state index contributed by atoms with van der Waals surface area (Å²) in [5.74, 6) is 0. The number of hydrogen-bond donors (Lipinski definition) is 1. The maximum atomic E-state index is 6.64. The Balaban J connectivity index is 1.86. The zero-order valence-corrected chi connectivity index (χ0v) is 11.6. The summed E-state index contributed by atoms with van der Waals surface area (Å²) in [4.78, 5) is 3.94. The third-order valence-corrected chi connectivity index (χ3v) is 5.49. The molecule has 100 valence electrons. The Bertz CT molecular complexity index is 367. The van der Waals surface area contributed by atoms with E-state index in [2.05, 4.69) is 22.4 Å². The third-order valence-electron chi connectivity index (χ3n) is 4.54. The van der Waals surface area contributed by atoms with Crippen LogP contribution in [0.5, 0.6) is 0 Å². The minimum absolute atomic E-state index is 0.165. The largest absolute Gasteiger partial charge is 0.379 e. The zero-order valence-electron chi connectivity index (χ0n) is 10.8. The smallest absolute Gasteiger partial charge is 0.0594 e. The number of nitrogens with two attached hydrogens (primary N) is 1. The van der Waals surface area contributed by atoms with E-state index < -0.39 is 0 Å². The first kappa shape index (κ1) is 12.6.